The number of rotatable bonds is 5. The van der Waals surface area contributed by atoms with Gasteiger partial charge in [-0.05, 0) is 12.0 Å². The van der Waals surface area contributed by atoms with E-state index in [4.69, 9.17) is 14.9 Å². The Bertz CT molecular complexity index is 216. The second kappa shape index (κ2) is 11.6. The third-order valence-corrected chi connectivity index (χ3v) is 1.61. The maximum absolute atomic E-state index is 8.44. The van der Waals surface area contributed by atoms with Crippen molar-refractivity contribution in [2.45, 2.75) is 6.42 Å². The average molecular weight is 230 g/mol. The van der Waals surface area contributed by atoms with Gasteiger partial charge in [0.15, 0.2) is 0 Å². The van der Waals surface area contributed by atoms with Crippen LogP contribution in [0.5, 0.6) is 0 Å². The molecule has 0 aliphatic rings. The zero-order chi connectivity index (χ0) is 11.4. The molecule has 0 bridgehead atoms. The van der Waals surface area contributed by atoms with Crippen molar-refractivity contribution in [3.8, 4) is 0 Å². The topological polar surface area (TPSA) is 49.7 Å². The summed E-state index contributed by atoms with van der Waals surface area (Å²) >= 11 is 0. The largest absolute Gasteiger partial charge is 0.394 e. The molecule has 86 valence electrons. The van der Waals surface area contributed by atoms with E-state index in [1.165, 1.54) is 5.56 Å². The van der Waals surface area contributed by atoms with Gasteiger partial charge in [-0.25, -0.2) is 0 Å². The van der Waals surface area contributed by atoms with Gasteiger partial charge in [-0.1, -0.05) is 30.3 Å². The highest BCUT2D eigenvalue weighted by Gasteiger charge is 1.90. The molecule has 1 aromatic carbocycles. The summed E-state index contributed by atoms with van der Waals surface area (Å²) in [7, 11) is 2.13. The van der Waals surface area contributed by atoms with Crippen molar-refractivity contribution >= 4 is 9.24 Å². The summed E-state index contributed by atoms with van der Waals surface area (Å²) in [4.78, 5) is 0. The molecule has 0 aromatic heterocycles. The average Bonchev–Trinajstić information content (AvgIpc) is 2.27. The second-order valence-corrected chi connectivity index (χ2v) is 3.12. The molecule has 4 heteroatoms. The van der Waals surface area contributed by atoms with Crippen molar-refractivity contribution in [1.82, 2.24) is 0 Å². The summed E-state index contributed by atoms with van der Waals surface area (Å²) in [5.41, 5.74) is 1.27. The van der Waals surface area contributed by atoms with E-state index in [2.05, 4.69) is 21.4 Å². The minimum absolute atomic E-state index is 0.106. The number of benzene rings is 1. The third kappa shape index (κ3) is 9.83. The van der Waals surface area contributed by atoms with Gasteiger partial charge in [0.05, 0.1) is 26.2 Å². The van der Waals surface area contributed by atoms with Crippen LogP contribution in [0.4, 0.5) is 0 Å². The molecule has 0 saturated carbocycles. The van der Waals surface area contributed by atoms with Crippen LogP contribution in [0.15, 0.2) is 30.3 Å². The van der Waals surface area contributed by atoms with Gasteiger partial charge in [-0.3, -0.25) is 0 Å². The fourth-order valence-electron chi connectivity index (χ4n) is 1.00. The molecule has 0 aliphatic heterocycles. The first-order chi connectivity index (χ1) is 7.35. The van der Waals surface area contributed by atoms with E-state index in [9.17, 15) is 0 Å². The number of aliphatic hydroxyl groups excluding tert-OH is 2. The fraction of sp³-hybridized carbons (Fsp3) is 0.455. The molecule has 0 amide bonds. The Morgan fingerprint density at radius 2 is 1.67 bits per heavy atom. The molecule has 2 N–H and O–H groups in total. The van der Waals surface area contributed by atoms with Crippen LogP contribution in [-0.2, 0) is 11.2 Å². The van der Waals surface area contributed by atoms with Crippen LogP contribution in [0, 0.1) is 0 Å². The number of hydrogen-bond donors (Lipinski definition) is 2. The first-order valence-corrected chi connectivity index (χ1v) is 5.70. The number of aliphatic hydroxyl groups is 2. The van der Waals surface area contributed by atoms with Crippen molar-refractivity contribution in [1.29, 1.82) is 0 Å². The predicted molar refractivity (Wildman–Crippen MR) is 64.8 cm³/mol. The zero-order valence-corrected chi connectivity index (χ0v) is 9.96. The van der Waals surface area contributed by atoms with E-state index < -0.39 is 0 Å². The van der Waals surface area contributed by atoms with Crippen LogP contribution in [0.3, 0.4) is 0 Å². The van der Waals surface area contributed by atoms with E-state index in [-0.39, 0.29) is 13.0 Å². The molecule has 1 rings (SSSR count). The Morgan fingerprint density at radius 3 is 2.20 bits per heavy atom. The maximum Gasteiger partial charge on any atom is 0.0697 e. The smallest absolute Gasteiger partial charge is 0.0697 e. The molecular weight excluding hydrogens is 211 g/mol. The molecule has 0 spiro atoms. The maximum atomic E-state index is 8.44. The van der Waals surface area contributed by atoms with Gasteiger partial charge in [0.2, 0.25) is 0 Å². The minimum atomic E-state index is 0.106. The molecule has 1 aromatic rings. The van der Waals surface area contributed by atoms with Gasteiger partial charge in [0.1, 0.15) is 0 Å². The van der Waals surface area contributed by atoms with Gasteiger partial charge >= 0.3 is 0 Å². The minimum Gasteiger partial charge on any atom is -0.394 e. The summed E-state index contributed by atoms with van der Waals surface area (Å²) in [6, 6.07) is 10.2. The van der Waals surface area contributed by atoms with E-state index in [0.717, 1.165) is 6.42 Å². The monoisotopic (exact) mass is 230 g/mol. The lowest BCUT2D eigenvalue weighted by Crippen LogP contribution is -2.02. The Kier molecular flexibility index (Phi) is 11.2. The van der Waals surface area contributed by atoms with Gasteiger partial charge in [-0.15, -0.1) is 9.24 Å². The van der Waals surface area contributed by atoms with Gasteiger partial charge < -0.3 is 14.9 Å². The van der Waals surface area contributed by atoms with E-state index >= 15 is 0 Å². The molecule has 15 heavy (non-hydrogen) atoms. The van der Waals surface area contributed by atoms with E-state index in [1.54, 1.807) is 0 Å². The SMILES string of the molecule is OCCOCCc1ccccc1.OCP. The highest BCUT2D eigenvalue weighted by atomic mass is 31.0. The van der Waals surface area contributed by atoms with Crippen LogP contribution in [0.25, 0.3) is 0 Å². The first kappa shape index (κ1) is 14.5. The molecule has 0 saturated heterocycles. The van der Waals surface area contributed by atoms with Gasteiger partial charge in [0, 0.05) is 0 Å². The number of hydrogen-bond acceptors (Lipinski definition) is 3. The van der Waals surface area contributed by atoms with Crippen LogP contribution in [0.1, 0.15) is 5.56 Å². The Morgan fingerprint density at radius 1 is 1.07 bits per heavy atom. The van der Waals surface area contributed by atoms with Crippen molar-refractivity contribution in [2.24, 2.45) is 0 Å². The standard InChI is InChI=1S/C10H14O2.CH5OP/c11-7-9-12-8-6-10-4-2-1-3-5-10;2-1-3/h1-5,11H,6-9H2;2H,1,3H2. The third-order valence-electron chi connectivity index (χ3n) is 1.61. The summed E-state index contributed by atoms with van der Waals surface area (Å²) in [6.07, 6.45) is 1.08. The lowest BCUT2D eigenvalue weighted by molar-refractivity contribution is 0.0944. The normalized spacial score (nSPS) is 9.27. The molecule has 0 heterocycles. The van der Waals surface area contributed by atoms with E-state index in [0.29, 0.717) is 13.2 Å². The van der Waals surface area contributed by atoms with Crippen molar-refractivity contribution in [3.63, 3.8) is 0 Å². The zero-order valence-electron chi connectivity index (χ0n) is 8.80. The van der Waals surface area contributed by atoms with Crippen LogP contribution >= 0.6 is 9.24 Å². The Balaban J connectivity index is 0.000000583. The molecule has 1 atom stereocenters. The van der Waals surface area contributed by atoms with Gasteiger partial charge in [0.25, 0.3) is 0 Å². The van der Waals surface area contributed by atoms with Crippen molar-refractivity contribution in [3.05, 3.63) is 35.9 Å². The molecule has 0 radical (unpaired) electrons. The fourth-order valence-corrected chi connectivity index (χ4v) is 1.00. The molecule has 0 fully saturated rings. The highest BCUT2D eigenvalue weighted by Crippen LogP contribution is 1.98. The summed E-state index contributed by atoms with van der Waals surface area (Å²) in [5, 5.41) is 16.0. The van der Waals surface area contributed by atoms with Crippen molar-refractivity contribution < 1.29 is 14.9 Å². The Hall–Kier alpha value is -0.470. The van der Waals surface area contributed by atoms with E-state index in [1.807, 2.05) is 18.2 Å². The van der Waals surface area contributed by atoms with Crippen LogP contribution < -0.4 is 0 Å². The lowest BCUT2D eigenvalue weighted by Gasteiger charge is -2.01. The Labute approximate surface area is 93.3 Å². The van der Waals surface area contributed by atoms with Crippen molar-refractivity contribution in [2.75, 3.05) is 26.2 Å². The molecular formula is C11H19O3P. The highest BCUT2D eigenvalue weighted by molar-refractivity contribution is 7.16. The van der Waals surface area contributed by atoms with Gasteiger partial charge in [-0.2, -0.15) is 0 Å². The quantitative estimate of drug-likeness (QED) is 0.587. The van der Waals surface area contributed by atoms with Crippen LogP contribution in [-0.4, -0.2) is 36.4 Å². The lowest BCUT2D eigenvalue weighted by atomic mass is 10.2. The van der Waals surface area contributed by atoms with Crippen LogP contribution in [0.2, 0.25) is 0 Å². The molecule has 0 aliphatic carbocycles. The summed E-state index contributed by atoms with van der Waals surface area (Å²) < 4.78 is 5.14. The second-order valence-electron chi connectivity index (χ2n) is 2.75. The molecule has 1 unspecified atom stereocenters. The molecule has 3 nitrogen and oxygen atoms in total. The summed E-state index contributed by atoms with van der Waals surface area (Å²) in [6.45, 7) is 1.23. The predicted octanol–water partition coefficient (Wildman–Crippen LogP) is 1.05. The summed E-state index contributed by atoms with van der Waals surface area (Å²) in [5.74, 6) is 0. The first-order valence-electron chi connectivity index (χ1n) is 4.88. The number of ether oxygens (including phenoxy) is 1.